The topological polar surface area (TPSA) is 40.6 Å². The van der Waals surface area contributed by atoms with Crippen LogP contribution in [0.2, 0.25) is 0 Å². The van der Waals surface area contributed by atoms with Crippen molar-refractivity contribution < 1.29 is 14.0 Å². The van der Waals surface area contributed by atoms with Crippen LogP contribution in [0.4, 0.5) is 15.8 Å². The number of para-hydroxylation sites is 2. The SMILES string of the molecule is O=C1/C(=C\c2ccccc2)C2=C(C(=O)N(c3ccccc3)C2c2ccc(F)cc2)N1c1ccccc1. The van der Waals surface area contributed by atoms with Gasteiger partial charge in [-0.25, -0.2) is 4.39 Å². The van der Waals surface area contributed by atoms with Gasteiger partial charge in [0.05, 0.1) is 6.04 Å². The Morgan fingerprint density at radius 1 is 0.639 bits per heavy atom. The highest BCUT2D eigenvalue weighted by Gasteiger charge is 2.52. The fraction of sp³-hybridized carbons (Fsp3) is 0.0323. The third-order valence-electron chi connectivity index (χ3n) is 6.50. The molecule has 2 amide bonds. The van der Waals surface area contributed by atoms with Crippen LogP contribution in [0.25, 0.3) is 6.08 Å². The summed E-state index contributed by atoms with van der Waals surface area (Å²) < 4.78 is 13.9. The van der Waals surface area contributed by atoms with Gasteiger partial charge in [-0.3, -0.25) is 19.4 Å². The minimum Gasteiger partial charge on any atom is -0.295 e. The summed E-state index contributed by atoms with van der Waals surface area (Å²) in [5.74, 6) is -0.903. The number of hydrogen-bond donors (Lipinski definition) is 0. The van der Waals surface area contributed by atoms with Crippen LogP contribution in [0.3, 0.4) is 0 Å². The molecule has 0 aliphatic carbocycles. The second-order valence-corrected chi connectivity index (χ2v) is 8.67. The van der Waals surface area contributed by atoms with Gasteiger partial charge in [-0.05, 0) is 53.6 Å². The van der Waals surface area contributed by atoms with Crippen molar-refractivity contribution in [3.8, 4) is 0 Å². The van der Waals surface area contributed by atoms with Gasteiger partial charge in [0.2, 0.25) is 0 Å². The van der Waals surface area contributed by atoms with Crippen LogP contribution in [0.5, 0.6) is 0 Å². The number of rotatable bonds is 4. The first-order valence-electron chi connectivity index (χ1n) is 11.7. The average Bonchev–Trinajstić information content (AvgIpc) is 3.37. The van der Waals surface area contributed by atoms with E-state index >= 15 is 0 Å². The molecule has 1 atom stereocenters. The number of anilines is 2. The van der Waals surface area contributed by atoms with Crippen LogP contribution in [-0.4, -0.2) is 11.8 Å². The number of hydrogen-bond acceptors (Lipinski definition) is 2. The largest absolute Gasteiger partial charge is 0.295 e. The molecule has 4 aromatic carbocycles. The lowest BCUT2D eigenvalue weighted by Gasteiger charge is -2.30. The number of nitrogens with zero attached hydrogens (tertiary/aromatic N) is 2. The summed E-state index contributed by atoms with van der Waals surface area (Å²) in [5, 5.41) is 0. The van der Waals surface area contributed by atoms with Gasteiger partial charge in [-0.15, -0.1) is 0 Å². The Morgan fingerprint density at radius 3 is 1.81 bits per heavy atom. The van der Waals surface area contributed by atoms with Gasteiger partial charge in [-0.1, -0.05) is 78.9 Å². The van der Waals surface area contributed by atoms with Crippen molar-refractivity contribution >= 4 is 29.3 Å². The standard InChI is InChI=1S/C31H21FN2O2/c32-23-18-16-22(17-19-23)28-27-26(20-21-10-4-1-5-11-21)30(35)34(25-14-8-3-9-15-25)29(27)31(36)33(28)24-12-6-2-7-13-24/h1-20,28H/b26-20-. The maximum atomic E-state index is 14.1. The molecule has 0 radical (unpaired) electrons. The Hall–Kier alpha value is -4.77. The molecule has 0 N–H and O–H groups in total. The van der Waals surface area contributed by atoms with E-state index in [4.69, 9.17) is 0 Å². The zero-order valence-corrected chi connectivity index (χ0v) is 19.2. The first kappa shape index (κ1) is 21.7. The Kier molecular flexibility index (Phi) is 5.30. The van der Waals surface area contributed by atoms with E-state index in [0.29, 0.717) is 28.2 Å². The van der Waals surface area contributed by atoms with Gasteiger partial charge >= 0.3 is 0 Å². The van der Waals surface area contributed by atoms with Gasteiger partial charge in [0.25, 0.3) is 11.8 Å². The maximum absolute atomic E-state index is 14.1. The molecule has 0 saturated heterocycles. The van der Waals surface area contributed by atoms with Crippen molar-refractivity contribution in [3.63, 3.8) is 0 Å². The van der Waals surface area contributed by atoms with Gasteiger partial charge < -0.3 is 0 Å². The van der Waals surface area contributed by atoms with E-state index in [-0.39, 0.29) is 17.6 Å². The summed E-state index contributed by atoms with van der Waals surface area (Å²) in [7, 11) is 0. The number of amides is 2. The Labute approximate surface area is 208 Å². The number of carbonyl (C=O) groups is 2. The van der Waals surface area contributed by atoms with E-state index in [1.807, 2.05) is 97.1 Å². The highest BCUT2D eigenvalue weighted by molar-refractivity contribution is 6.29. The first-order chi connectivity index (χ1) is 17.6. The van der Waals surface area contributed by atoms with Crippen LogP contribution in [0, 0.1) is 5.82 Å². The molecule has 2 aliphatic heterocycles. The average molecular weight is 473 g/mol. The second kappa shape index (κ2) is 8.78. The molecular formula is C31H21FN2O2. The van der Waals surface area contributed by atoms with Crippen molar-refractivity contribution in [1.82, 2.24) is 0 Å². The van der Waals surface area contributed by atoms with Crippen LogP contribution in [0.15, 0.2) is 132 Å². The van der Waals surface area contributed by atoms with Gasteiger partial charge in [0.15, 0.2) is 0 Å². The van der Waals surface area contributed by atoms with E-state index in [9.17, 15) is 14.0 Å². The van der Waals surface area contributed by atoms with Crippen molar-refractivity contribution in [1.29, 1.82) is 0 Å². The highest BCUT2D eigenvalue weighted by Crippen LogP contribution is 2.50. The third kappa shape index (κ3) is 3.53. The second-order valence-electron chi connectivity index (χ2n) is 8.67. The number of carbonyl (C=O) groups excluding carboxylic acids is 2. The number of halogens is 1. The van der Waals surface area contributed by atoms with E-state index in [1.165, 1.54) is 17.0 Å². The molecule has 174 valence electrons. The predicted molar refractivity (Wildman–Crippen MR) is 138 cm³/mol. The van der Waals surface area contributed by atoms with Gasteiger partial charge in [0.1, 0.15) is 11.5 Å². The molecule has 2 aliphatic rings. The quantitative estimate of drug-likeness (QED) is 0.327. The summed E-state index contributed by atoms with van der Waals surface area (Å²) in [5.41, 5.74) is 4.28. The highest BCUT2D eigenvalue weighted by atomic mass is 19.1. The molecular weight excluding hydrogens is 451 g/mol. The van der Waals surface area contributed by atoms with Crippen molar-refractivity contribution in [3.05, 3.63) is 149 Å². The first-order valence-corrected chi connectivity index (χ1v) is 11.7. The summed E-state index contributed by atoms with van der Waals surface area (Å²) in [4.78, 5) is 31.3. The molecule has 4 aromatic rings. The van der Waals surface area contributed by atoms with E-state index in [1.54, 1.807) is 17.0 Å². The smallest absolute Gasteiger partial charge is 0.276 e. The Balaban J connectivity index is 1.62. The molecule has 36 heavy (non-hydrogen) atoms. The summed E-state index contributed by atoms with van der Waals surface area (Å²) in [6, 6.07) is 33.6. The van der Waals surface area contributed by atoms with Crippen molar-refractivity contribution in [2.45, 2.75) is 6.04 Å². The minimum absolute atomic E-state index is 0.261. The molecule has 0 spiro atoms. The minimum atomic E-state index is -0.594. The predicted octanol–water partition coefficient (Wildman–Crippen LogP) is 6.30. The summed E-state index contributed by atoms with van der Waals surface area (Å²) >= 11 is 0. The molecule has 0 saturated carbocycles. The number of benzene rings is 4. The van der Waals surface area contributed by atoms with E-state index in [0.717, 1.165) is 11.1 Å². The normalized spacial score (nSPS) is 18.4. The molecule has 0 bridgehead atoms. The van der Waals surface area contributed by atoms with E-state index < -0.39 is 6.04 Å². The van der Waals surface area contributed by atoms with Crippen molar-refractivity contribution in [2.75, 3.05) is 9.80 Å². The van der Waals surface area contributed by atoms with Gasteiger partial charge in [0, 0.05) is 22.5 Å². The summed E-state index contributed by atoms with van der Waals surface area (Å²) in [6.45, 7) is 0. The maximum Gasteiger partial charge on any atom is 0.276 e. The molecule has 0 fully saturated rings. The Bertz CT molecular complexity index is 1510. The van der Waals surface area contributed by atoms with Crippen LogP contribution < -0.4 is 9.80 Å². The molecule has 4 nitrogen and oxygen atoms in total. The van der Waals surface area contributed by atoms with Crippen LogP contribution in [-0.2, 0) is 9.59 Å². The zero-order valence-electron chi connectivity index (χ0n) is 19.2. The summed E-state index contributed by atoms with van der Waals surface area (Å²) in [6.07, 6.45) is 1.83. The lowest BCUT2D eigenvalue weighted by atomic mass is 9.93. The molecule has 6 rings (SSSR count). The van der Waals surface area contributed by atoms with Crippen LogP contribution >= 0.6 is 0 Å². The monoisotopic (exact) mass is 472 g/mol. The fourth-order valence-electron chi connectivity index (χ4n) is 4.93. The molecule has 0 aromatic heterocycles. The molecule has 2 heterocycles. The van der Waals surface area contributed by atoms with Gasteiger partial charge in [-0.2, -0.15) is 0 Å². The lowest BCUT2D eigenvalue weighted by molar-refractivity contribution is -0.118. The van der Waals surface area contributed by atoms with E-state index in [2.05, 4.69) is 0 Å². The zero-order chi connectivity index (χ0) is 24.6. The molecule has 5 heteroatoms. The van der Waals surface area contributed by atoms with Crippen molar-refractivity contribution in [2.24, 2.45) is 0 Å². The third-order valence-corrected chi connectivity index (χ3v) is 6.50. The van der Waals surface area contributed by atoms with Crippen LogP contribution in [0.1, 0.15) is 17.2 Å². The lowest BCUT2D eigenvalue weighted by Crippen LogP contribution is -2.38. The molecule has 1 unspecified atom stereocenters. The fourth-order valence-corrected chi connectivity index (χ4v) is 4.93. The Morgan fingerprint density at radius 2 is 1.19 bits per heavy atom.